The van der Waals surface area contributed by atoms with Gasteiger partial charge in [-0.3, -0.25) is 4.79 Å². The third-order valence-corrected chi connectivity index (χ3v) is 4.97. The summed E-state index contributed by atoms with van der Waals surface area (Å²) in [5.74, 6) is -0.449. The summed E-state index contributed by atoms with van der Waals surface area (Å²) in [6.07, 6.45) is 0. The first-order valence-corrected chi connectivity index (χ1v) is 8.88. The molecule has 0 unspecified atom stereocenters. The quantitative estimate of drug-likeness (QED) is 0.496. The third kappa shape index (κ3) is 2.81. The Bertz CT molecular complexity index is 1130. The smallest absolute Gasteiger partial charge is 0.249 e. The van der Waals surface area contributed by atoms with Crippen LogP contribution in [0.4, 0.5) is 0 Å². The van der Waals surface area contributed by atoms with Gasteiger partial charge >= 0.3 is 0 Å². The molecule has 4 aromatic rings. The van der Waals surface area contributed by atoms with Crippen LogP contribution in [0.3, 0.4) is 0 Å². The second-order valence-corrected chi connectivity index (χ2v) is 7.21. The van der Waals surface area contributed by atoms with E-state index in [1.807, 2.05) is 30.3 Å². The van der Waals surface area contributed by atoms with Gasteiger partial charge in [-0.25, -0.2) is 0 Å². The van der Waals surface area contributed by atoms with Gasteiger partial charge in [0.15, 0.2) is 0 Å². The lowest BCUT2D eigenvalue weighted by molar-refractivity contribution is 0.100. The highest BCUT2D eigenvalue weighted by molar-refractivity contribution is 9.10. The summed E-state index contributed by atoms with van der Waals surface area (Å²) in [5, 5.41) is 2.27. The van der Waals surface area contributed by atoms with Crippen LogP contribution in [0.1, 0.15) is 15.9 Å². The zero-order chi connectivity index (χ0) is 17.6. The van der Waals surface area contributed by atoms with E-state index in [2.05, 4.69) is 38.7 Å². The summed E-state index contributed by atoms with van der Waals surface area (Å²) in [7, 11) is 0. The second kappa shape index (κ2) is 6.21. The van der Waals surface area contributed by atoms with Gasteiger partial charge in [-0.2, -0.15) is 0 Å². The molecule has 3 nitrogen and oxygen atoms in total. The summed E-state index contributed by atoms with van der Waals surface area (Å²) in [4.78, 5) is 11.9. The van der Waals surface area contributed by atoms with E-state index in [4.69, 9.17) is 17.3 Å². The third-order valence-electron chi connectivity index (χ3n) is 4.25. The number of primary amides is 1. The fourth-order valence-electron chi connectivity index (χ4n) is 3.22. The van der Waals surface area contributed by atoms with Crippen molar-refractivity contribution in [3.8, 4) is 0 Å². The number of nitrogens with zero attached hydrogens (tertiary/aromatic N) is 1. The molecular weight excluding hydrogens is 400 g/mol. The molecule has 2 N–H and O–H groups in total. The molecule has 0 saturated heterocycles. The molecule has 0 spiro atoms. The van der Waals surface area contributed by atoms with Gasteiger partial charge in [0, 0.05) is 32.4 Å². The van der Waals surface area contributed by atoms with Gasteiger partial charge in [0.1, 0.15) is 0 Å². The number of benzene rings is 3. The zero-order valence-corrected chi connectivity index (χ0v) is 15.4. The Morgan fingerprint density at radius 1 is 1.16 bits per heavy atom. The van der Waals surface area contributed by atoms with Crippen LogP contribution >= 0.6 is 27.5 Å². The maximum absolute atomic E-state index is 11.9. The van der Waals surface area contributed by atoms with E-state index in [0.717, 1.165) is 31.8 Å². The van der Waals surface area contributed by atoms with Crippen LogP contribution in [0.25, 0.3) is 21.8 Å². The molecule has 0 aliphatic rings. The predicted molar refractivity (Wildman–Crippen MR) is 105 cm³/mol. The lowest BCUT2D eigenvalue weighted by Gasteiger charge is -2.09. The van der Waals surface area contributed by atoms with E-state index in [0.29, 0.717) is 17.1 Å². The molecule has 123 valence electrons. The highest BCUT2D eigenvalue weighted by atomic mass is 79.9. The molecule has 0 fully saturated rings. The minimum absolute atomic E-state index is 0.449. The first-order chi connectivity index (χ1) is 12.0. The topological polar surface area (TPSA) is 48.0 Å². The highest BCUT2D eigenvalue weighted by Gasteiger charge is 2.17. The van der Waals surface area contributed by atoms with E-state index in [1.54, 1.807) is 12.1 Å². The van der Waals surface area contributed by atoms with E-state index >= 15 is 0 Å². The number of rotatable bonds is 3. The van der Waals surface area contributed by atoms with Gasteiger partial charge in [0.2, 0.25) is 5.91 Å². The lowest BCUT2D eigenvalue weighted by atomic mass is 10.1. The Labute approximate surface area is 158 Å². The zero-order valence-electron chi connectivity index (χ0n) is 13.1. The minimum atomic E-state index is -0.449. The summed E-state index contributed by atoms with van der Waals surface area (Å²) >= 11 is 9.72. The van der Waals surface area contributed by atoms with Crippen molar-refractivity contribution in [3.63, 3.8) is 0 Å². The number of fused-ring (bicyclic) bond motifs is 3. The van der Waals surface area contributed by atoms with Gasteiger partial charge < -0.3 is 10.3 Å². The Hall–Kier alpha value is -2.30. The molecule has 1 heterocycles. The average Bonchev–Trinajstić information content (AvgIpc) is 2.88. The van der Waals surface area contributed by atoms with Crippen LogP contribution in [0.15, 0.2) is 59.1 Å². The van der Waals surface area contributed by atoms with Crippen molar-refractivity contribution in [2.24, 2.45) is 5.73 Å². The monoisotopic (exact) mass is 411 g/mol. The molecular formula is C20H13BrClN2O. The number of amides is 1. The molecule has 0 atom stereocenters. The first-order valence-electron chi connectivity index (χ1n) is 7.71. The number of hydrogen-bond donors (Lipinski definition) is 1. The fraction of sp³-hybridized carbons (Fsp3) is 0.0500. The SMILES string of the molecule is NC(=O)c1cccc2c1c1[c]cc(Cl)cc1n2Cc1cccc(Br)c1. The molecule has 1 amide bonds. The minimum Gasteiger partial charge on any atom is -0.366 e. The van der Waals surface area contributed by atoms with E-state index in [1.165, 1.54) is 0 Å². The molecule has 25 heavy (non-hydrogen) atoms. The number of nitrogens with two attached hydrogens (primary N) is 1. The van der Waals surface area contributed by atoms with Gasteiger partial charge in [0.05, 0.1) is 11.0 Å². The predicted octanol–water partition coefficient (Wildman–Crippen LogP) is 5.16. The molecule has 0 saturated carbocycles. The highest BCUT2D eigenvalue weighted by Crippen LogP contribution is 2.33. The van der Waals surface area contributed by atoms with E-state index < -0.39 is 5.91 Å². The van der Waals surface area contributed by atoms with Crippen LogP contribution in [0.5, 0.6) is 0 Å². The molecule has 1 aromatic heterocycles. The van der Waals surface area contributed by atoms with Crippen molar-refractivity contribution >= 4 is 55.2 Å². The van der Waals surface area contributed by atoms with Crippen molar-refractivity contribution < 1.29 is 4.79 Å². The van der Waals surface area contributed by atoms with Crippen LogP contribution in [-0.4, -0.2) is 10.5 Å². The number of carbonyl (C=O) groups is 1. The molecule has 0 aliphatic heterocycles. The van der Waals surface area contributed by atoms with Crippen molar-refractivity contribution in [2.75, 3.05) is 0 Å². The van der Waals surface area contributed by atoms with Gasteiger partial charge in [0.25, 0.3) is 0 Å². The molecule has 4 rings (SSSR count). The molecule has 0 aliphatic carbocycles. The Kier molecular flexibility index (Phi) is 4.02. The largest absolute Gasteiger partial charge is 0.366 e. The van der Waals surface area contributed by atoms with Crippen LogP contribution in [0, 0.1) is 6.07 Å². The Morgan fingerprint density at radius 3 is 2.72 bits per heavy atom. The number of halogens is 2. The normalized spacial score (nSPS) is 11.3. The average molecular weight is 413 g/mol. The Morgan fingerprint density at radius 2 is 1.96 bits per heavy atom. The molecule has 5 heteroatoms. The summed E-state index contributed by atoms with van der Waals surface area (Å²) in [6.45, 7) is 0.649. The number of hydrogen-bond acceptors (Lipinski definition) is 1. The van der Waals surface area contributed by atoms with Crippen LogP contribution < -0.4 is 5.73 Å². The van der Waals surface area contributed by atoms with Crippen molar-refractivity contribution in [1.82, 2.24) is 4.57 Å². The summed E-state index contributed by atoms with van der Waals surface area (Å²) < 4.78 is 3.16. The molecule has 3 aromatic carbocycles. The lowest BCUT2D eigenvalue weighted by Crippen LogP contribution is -2.11. The summed E-state index contributed by atoms with van der Waals surface area (Å²) in [6, 6.07) is 20.5. The maximum Gasteiger partial charge on any atom is 0.249 e. The Balaban J connectivity index is 2.06. The van der Waals surface area contributed by atoms with Gasteiger partial charge in [-0.05, 0) is 48.0 Å². The summed E-state index contributed by atoms with van der Waals surface area (Å²) in [5.41, 5.74) is 9.08. The fourth-order valence-corrected chi connectivity index (χ4v) is 3.83. The standard InChI is InChI=1S/C20H13BrClN2O/c21-13-4-1-3-12(9-13)11-24-17-6-2-5-16(20(23)25)19(17)15-8-7-14(22)10-18(15)24/h1-7,9-10H,11H2,(H2,23,25). The first kappa shape index (κ1) is 16.2. The van der Waals surface area contributed by atoms with Crippen molar-refractivity contribution in [3.05, 3.63) is 81.3 Å². The van der Waals surface area contributed by atoms with Crippen molar-refractivity contribution in [1.29, 1.82) is 0 Å². The number of aromatic nitrogens is 1. The van der Waals surface area contributed by atoms with Crippen LogP contribution in [-0.2, 0) is 6.54 Å². The van der Waals surface area contributed by atoms with Gasteiger partial charge in [-0.15, -0.1) is 0 Å². The van der Waals surface area contributed by atoms with Crippen molar-refractivity contribution in [2.45, 2.75) is 6.54 Å². The maximum atomic E-state index is 11.9. The van der Waals surface area contributed by atoms with E-state index in [-0.39, 0.29) is 0 Å². The second-order valence-electron chi connectivity index (χ2n) is 5.86. The van der Waals surface area contributed by atoms with Gasteiger partial charge in [-0.1, -0.05) is 45.7 Å². The van der Waals surface area contributed by atoms with E-state index in [9.17, 15) is 4.79 Å². The molecule has 1 radical (unpaired) electrons. The molecule has 0 bridgehead atoms. The number of carbonyl (C=O) groups excluding carboxylic acids is 1. The van der Waals surface area contributed by atoms with Crippen LogP contribution in [0.2, 0.25) is 5.02 Å².